The van der Waals surface area contributed by atoms with Crippen LogP contribution in [-0.2, 0) is 13.0 Å². The monoisotopic (exact) mass is 307 g/mol. The Hall–Kier alpha value is -1.22. The van der Waals surface area contributed by atoms with E-state index < -0.39 is 0 Å². The molecule has 0 bridgehead atoms. The molecule has 0 fully saturated rings. The van der Waals surface area contributed by atoms with Gasteiger partial charge in [-0.25, -0.2) is 0 Å². The Morgan fingerprint density at radius 2 is 2.00 bits per heavy atom. The second-order valence-corrected chi connectivity index (χ2v) is 5.87. The van der Waals surface area contributed by atoms with Gasteiger partial charge >= 0.3 is 0 Å². The molecule has 0 aromatic heterocycles. The first-order chi connectivity index (χ1) is 9.63. The summed E-state index contributed by atoms with van der Waals surface area (Å²) in [7, 11) is 0. The van der Waals surface area contributed by atoms with Crippen molar-refractivity contribution >= 4 is 23.2 Å². The van der Waals surface area contributed by atoms with Crippen LogP contribution >= 0.6 is 23.2 Å². The van der Waals surface area contributed by atoms with E-state index >= 15 is 0 Å². The summed E-state index contributed by atoms with van der Waals surface area (Å²) in [6, 6.07) is 11.7. The lowest BCUT2D eigenvalue weighted by Crippen LogP contribution is -2.05. The Kier molecular flexibility index (Phi) is 3.88. The van der Waals surface area contributed by atoms with E-state index in [9.17, 15) is 0 Å². The Bertz CT molecular complexity index is 642. The van der Waals surface area contributed by atoms with Crippen LogP contribution in [0.2, 0.25) is 10.0 Å². The summed E-state index contributed by atoms with van der Waals surface area (Å²) in [5.41, 5.74) is 9.48. The van der Waals surface area contributed by atoms with E-state index in [1.807, 2.05) is 18.2 Å². The topological polar surface area (TPSA) is 35.2 Å². The lowest BCUT2D eigenvalue weighted by molar-refractivity contribution is 0.306. The average molecular weight is 308 g/mol. The highest BCUT2D eigenvalue weighted by Gasteiger charge is 2.19. The minimum Gasteiger partial charge on any atom is -0.489 e. The van der Waals surface area contributed by atoms with E-state index in [1.54, 1.807) is 6.07 Å². The highest BCUT2D eigenvalue weighted by Crippen LogP contribution is 2.32. The van der Waals surface area contributed by atoms with Gasteiger partial charge < -0.3 is 10.5 Å². The van der Waals surface area contributed by atoms with Crippen molar-refractivity contribution in [1.29, 1.82) is 0 Å². The van der Waals surface area contributed by atoms with Gasteiger partial charge in [-0.05, 0) is 48.2 Å². The third-order valence-corrected chi connectivity index (χ3v) is 4.23. The SMILES string of the molecule is N[C@@H]1CCc2cc(OCc3ccc(Cl)cc3Cl)ccc21. The molecule has 2 nitrogen and oxygen atoms in total. The molecule has 0 saturated carbocycles. The number of ether oxygens (including phenoxy) is 1. The maximum atomic E-state index is 6.13. The Balaban J connectivity index is 1.73. The van der Waals surface area contributed by atoms with Crippen LogP contribution < -0.4 is 10.5 Å². The number of benzene rings is 2. The lowest BCUT2D eigenvalue weighted by Gasteiger charge is -2.10. The highest BCUT2D eigenvalue weighted by molar-refractivity contribution is 6.35. The number of halogens is 2. The predicted molar refractivity (Wildman–Crippen MR) is 82.5 cm³/mol. The fourth-order valence-corrected chi connectivity index (χ4v) is 2.98. The van der Waals surface area contributed by atoms with Gasteiger partial charge in [0.1, 0.15) is 12.4 Å². The van der Waals surface area contributed by atoms with Gasteiger partial charge in [0.15, 0.2) is 0 Å². The molecule has 3 rings (SSSR count). The van der Waals surface area contributed by atoms with Crippen molar-refractivity contribution in [3.05, 3.63) is 63.1 Å². The summed E-state index contributed by atoms with van der Waals surface area (Å²) in [5.74, 6) is 0.851. The zero-order chi connectivity index (χ0) is 14.1. The summed E-state index contributed by atoms with van der Waals surface area (Å²) in [6.45, 7) is 0.431. The van der Waals surface area contributed by atoms with Crippen molar-refractivity contribution in [2.75, 3.05) is 0 Å². The van der Waals surface area contributed by atoms with Crippen molar-refractivity contribution in [1.82, 2.24) is 0 Å². The van der Waals surface area contributed by atoms with Crippen LogP contribution in [0.15, 0.2) is 36.4 Å². The number of aryl methyl sites for hydroxylation is 1. The molecule has 0 saturated heterocycles. The van der Waals surface area contributed by atoms with Crippen molar-refractivity contribution in [3.63, 3.8) is 0 Å². The lowest BCUT2D eigenvalue weighted by atomic mass is 10.1. The molecule has 2 aromatic carbocycles. The summed E-state index contributed by atoms with van der Waals surface area (Å²) in [5, 5.41) is 1.26. The average Bonchev–Trinajstić information content (AvgIpc) is 2.79. The molecule has 0 aliphatic heterocycles. The fraction of sp³-hybridized carbons (Fsp3) is 0.250. The van der Waals surface area contributed by atoms with E-state index in [0.29, 0.717) is 16.7 Å². The smallest absolute Gasteiger partial charge is 0.120 e. The normalized spacial score (nSPS) is 17.1. The van der Waals surface area contributed by atoms with E-state index in [2.05, 4.69) is 12.1 Å². The quantitative estimate of drug-likeness (QED) is 0.905. The van der Waals surface area contributed by atoms with E-state index in [-0.39, 0.29) is 6.04 Å². The van der Waals surface area contributed by atoms with Crippen LogP contribution in [0.4, 0.5) is 0 Å². The number of hydrogen-bond donors (Lipinski definition) is 1. The third kappa shape index (κ3) is 2.78. The molecule has 0 amide bonds. The fourth-order valence-electron chi connectivity index (χ4n) is 2.52. The van der Waals surface area contributed by atoms with Gasteiger partial charge in [-0.2, -0.15) is 0 Å². The maximum Gasteiger partial charge on any atom is 0.120 e. The second-order valence-electron chi connectivity index (χ2n) is 5.03. The van der Waals surface area contributed by atoms with E-state index in [4.69, 9.17) is 33.7 Å². The van der Waals surface area contributed by atoms with Crippen LogP contribution in [0.3, 0.4) is 0 Å². The molecule has 1 atom stereocenters. The molecule has 0 spiro atoms. The number of hydrogen-bond acceptors (Lipinski definition) is 2. The molecule has 20 heavy (non-hydrogen) atoms. The molecule has 2 aromatic rings. The highest BCUT2D eigenvalue weighted by atomic mass is 35.5. The van der Waals surface area contributed by atoms with E-state index in [0.717, 1.165) is 24.2 Å². The molecule has 2 N–H and O–H groups in total. The van der Waals surface area contributed by atoms with Crippen LogP contribution in [0.25, 0.3) is 0 Å². The van der Waals surface area contributed by atoms with Gasteiger partial charge in [0.25, 0.3) is 0 Å². The zero-order valence-electron chi connectivity index (χ0n) is 10.9. The van der Waals surface area contributed by atoms with E-state index in [1.165, 1.54) is 11.1 Å². The Morgan fingerprint density at radius 3 is 2.80 bits per heavy atom. The number of rotatable bonds is 3. The molecular formula is C16H15Cl2NO. The molecule has 1 aliphatic carbocycles. The second kappa shape index (κ2) is 5.65. The van der Waals surface area contributed by atoms with Gasteiger partial charge in [0.2, 0.25) is 0 Å². The minimum atomic E-state index is 0.171. The van der Waals surface area contributed by atoms with Crippen molar-refractivity contribution in [3.8, 4) is 5.75 Å². The summed E-state index contributed by atoms with van der Waals surface area (Å²) in [4.78, 5) is 0. The summed E-state index contributed by atoms with van der Waals surface area (Å²) < 4.78 is 5.80. The summed E-state index contributed by atoms with van der Waals surface area (Å²) in [6.07, 6.45) is 2.04. The van der Waals surface area contributed by atoms with Crippen LogP contribution in [0.5, 0.6) is 5.75 Å². The van der Waals surface area contributed by atoms with Crippen molar-refractivity contribution < 1.29 is 4.74 Å². The molecule has 0 radical (unpaired) electrons. The minimum absolute atomic E-state index is 0.171. The Morgan fingerprint density at radius 1 is 1.15 bits per heavy atom. The van der Waals surface area contributed by atoms with Crippen molar-refractivity contribution in [2.45, 2.75) is 25.5 Å². The Labute approximate surface area is 128 Å². The van der Waals surface area contributed by atoms with Gasteiger partial charge in [-0.15, -0.1) is 0 Å². The molecule has 0 heterocycles. The maximum absolute atomic E-state index is 6.13. The molecule has 104 valence electrons. The van der Waals surface area contributed by atoms with Gasteiger partial charge in [-0.3, -0.25) is 0 Å². The molecule has 0 unspecified atom stereocenters. The predicted octanol–water partition coefficient (Wildman–Crippen LogP) is 4.52. The molecule has 1 aliphatic rings. The largest absolute Gasteiger partial charge is 0.489 e. The standard InChI is InChI=1S/C16H15Cl2NO/c17-12-3-1-11(15(18)8-12)9-20-13-4-5-14-10(7-13)2-6-16(14)19/h1,3-5,7-8,16H,2,6,9,19H2/t16-/m1/s1. The van der Waals surface area contributed by atoms with Crippen LogP contribution in [0.1, 0.15) is 29.2 Å². The van der Waals surface area contributed by atoms with Gasteiger partial charge in [0.05, 0.1) is 0 Å². The van der Waals surface area contributed by atoms with Crippen LogP contribution in [-0.4, -0.2) is 0 Å². The number of nitrogens with two attached hydrogens (primary N) is 1. The molecule has 4 heteroatoms. The third-order valence-electron chi connectivity index (χ3n) is 3.65. The first kappa shape index (κ1) is 13.7. The first-order valence-corrected chi connectivity index (χ1v) is 7.34. The molecular weight excluding hydrogens is 293 g/mol. The van der Waals surface area contributed by atoms with Crippen molar-refractivity contribution in [2.24, 2.45) is 5.73 Å². The first-order valence-electron chi connectivity index (χ1n) is 6.58. The van der Waals surface area contributed by atoms with Crippen LogP contribution in [0, 0.1) is 0 Å². The number of fused-ring (bicyclic) bond motifs is 1. The van der Waals surface area contributed by atoms with Gasteiger partial charge in [-0.1, -0.05) is 35.3 Å². The zero-order valence-corrected chi connectivity index (χ0v) is 12.4. The summed E-state index contributed by atoms with van der Waals surface area (Å²) >= 11 is 12.0. The van der Waals surface area contributed by atoms with Gasteiger partial charge in [0, 0.05) is 21.7 Å².